The van der Waals surface area contributed by atoms with E-state index in [1.54, 1.807) is 7.11 Å². The molecule has 0 unspecified atom stereocenters. The van der Waals surface area contributed by atoms with Gasteiger partial charge in [0, 0.05) is 25.7 Å². The van der Waals surface area contributed by atoms with Crippen LogP contribution in [0.4, 0.5) is 0 Å². The van der Waals surface area contributed by atoms with Gasteiger partial charge in [-0.15, -0.1) is 0 Å². The second kappa shape index (κ2) is 6.37. The molecule has 2 heterocycles. The molecule has 0 saturated carbocycles. The van der Waals surface area contributed by atoms with E-state index >= 15 is 0 Å². The number of nitrogens with zero attached hydrogens (tertiary/aromatic N) is 2. The lowest BCUT2D eigenvalue weighted by Crippen LogP contribution is -2.59. The molecule has 3 nitrogen and oxygen atoms in total. The van der Waals surface area contributed by atoms with Crippen molar-refractivity contribution >= 4 is 0 Å². The van der Waals surface area contributed by atoms with Gasteiger partial charge in [-0.05, 0) is 62.5 Å². The number of hydrogen-bond acceptors (Lipinski definition) is 3. The average Bonchev–Trinajstić information content (AvgIpc) is 2.46. The van der Waals surface area contributed by atoms with Gasteiger partial charge in [0.05, 0.1) is 7.11 Å². The Hall–Kier alpha value is -1.06. The van der Waals surface area contributed by atoms with Gasteiger partial charge in [-0.3, -0.25) is 9.80 Å². The topological polar surface area (TPSA) is 15.7 Å². The molecule has 3 heteroatoms. The molecule has 2 fully saturated rings. The summed E-state index contributed by atoms with van der Waals surface area (Å²) in [5, 5.41) is 0. The zero-order chi connectivity index (χ0) is 14.8. The van der Waals surface area contributed by atoms with Crippen molar-refractivity contribution in [1.29, 1.82) is 0 Å². The van der Waals surface area contributed by atoms with Gasteiger partial charge in [-0.25, -0.2) is 0 Å². The first-order valence-corrected chi connectivity index (χ1v) is 8.28. The second-order valence-electron chi connectivity index (χ2n) is 6.69. The summed E-state index contributed by atoms with van der Waals surface area (Å²) in [4.78, 5) is 5.28. The van der Waals surface area contributed by atoms with E-state index in [1.165, 1.54) is 62.1 Å². The Kier molecular flexibility index (Phi) is 4.51. The quantitative estimate of drug-likeness (QED) is 0.847. The molecule has 1 aromatic rings. The van der Waals surface area contributed by atoms with Crippen molar-refractivity contribution in [1.82, 2.24) is 9.80 Å². The molecule has 0 aromatic heterocycles. The Balaban J connectivity index is 1.55. The van der Waals surface area contributed by atoms with E-state index in [1.807, 2.05) is 0 Å². The van der Waals surface area contributed by atoms with E-state index < -0.39 is 0 Å². The molecule has 0 N–H and O–H groups in total. The minimum atomic E-state index is 0.810. The number of hydrogen-bond donors (Lipinski definition) is 0. The Labute approximate surface area is 128 Å². The molecule has 0 bridgehead atoms. The van der Waals surface area contributed by atoms with Crippen molar-refractivity contribution in [3.63, 3.8) is 0 Å². The second-order valence-corrected chi connectivity index (χ2v) is 6.69. The normalized spacial score (nSPS) is 21.3. The highest BCUT2D eigenvalue weighted by Crippen LogP contribution is 2.26. The lowest BCUT2D eigenvalue weighted by molar-refractivity contribution is 0.0185. The fourth-order valence-corrected chi connectivity index (χ4v) is 3.67. The maximum absolute atomic E-state index is 5.40. The van der Waals surface area contributed by atoms with Crippen molar-refractivity contribution in [2.24, 2.45) is 0 Å². The van der Waals surface area contributed by atoms with Crippen LogP contribution in [-0.2, 0) is 6.54 Å². The van der Waals surface area contributed by atoms with Gasteiger partial charge >= 0.3 is 0 Å². The first kappa shape index (κ1) is 14.9. The van der Waals surface area contributed by atoms with Gasteiger partial charge in [-0.1, -0.05) is 12.5 Å². The predicted molar refractivity (Wildman–Crippen MR) is 87.0 cm³/mol. The molecule has 3 rings (SSSR count). The van der Waals surface area contributed by atoms with E-state index in [0.717, 1.165) is 18.3 Å². The summed E-state index contributed by atoms with van der Waals surface area (Å²) in [7, 11) is 1.75. The summed E-state index contributed by atoms with van der Waals surface area (Å²) in [6, 6.07) is 5.28. The average molecular weight is 288 g/mol. The van der Waals surface area contributed by atoms with Crippen LogP contribution in [0.3, 0.4) is 0 Å². The number of aryl methyl sites for hydroxylation is 2. The highest BCUT2D eigenvalue weighted by atomic mass is 16.5. The zero-order valence-corrected chi connectivity index (χ0v) is 13.7. The summed E-state index contributed by atoms with van der Waals surface area (Å²) < 4.78 is 5.40. The number of rotatable bonds is 4. The Bertz CT molecular complexity index is 488. The number of likely N-dealkylation sites (tertiary alicyclic amines) is 2. The van der Waals surface area contributed by atoms with Gasteiger partial charge in [0.25, 0.3) is 0 Å². The molecule has 116 valence electrons. The summed E-state index contributed by atoms with van der Waals surface area (Å²) in [6.45, 7) is 10.5. The monoisotopic (exact) mass is 288 g/mol. The van der Waals surface area contributed by atoms with Crippen molar-refractivity contribution in [2.75, 3.05) is 33.3 Å². The Morgan fingerprint density at radius 1 is 1.05 bits per heavy atom. The Morgan fingerprint density at radius 2 is 1.76 bits per heavy atom. The third-order valence-electron chi connectivity index (χ3n) is 5.09. The fourth-order valence-electron chi connectivity index (χ4n) is 3.67. The summed E-state index contributed by atoms with van der Waals surface area (Å²) >= 11 is 0. The van der Waals surface area contributed by atoms with Crippen molar-refractivity contribution in [3.8, 4) is 5.75 Å². The predicted octanol–water partition coefficient (Wildman–Crippen LogP) is 2.98. The molecule has 1 aromatic carbocycles. The minimum absolute atomic E-state index is 0.810. The Morgan fingerprint density at radius 3 is 2.43 bits per heavy atom. The smallest absolute Gasteiger partial charge is 0.122 e. The zero-order valence-electron chi connectivity index (χ0n) is 13.7. The summed E-state index contributed by atoms with van der Waals surface area (Å²) in [6.07, 6.45) is 4.22. The van der Waals surface area contributed by atoms with Gasteiger partial charge in [0.15, 0.2) is 0 Å². The van der Waals surface area contributed by atoms with Crippen LogP contribution in [-0.4, -0.2) is 49.1 Å². The van der Waals surface area contributed by atoms with Gasteiger partial charge in [0.2, 0.25) is 0 Å². The molecule has 21 heavy (non-hydrogen) atoms. The summed E-state index contributed by atoms with van der Waals surface area (Å²) in [5.74, 6) is 1.01. The lowest BCUT2D eigenvalue weighted by Gasteiger charge is -2.47. The summed E-state index contributed by atoms with van der Waals surface area (Å²) in [5.41, 5.74) is 4.04. The molecule has 0 aliphatic carbocycles. The SMILES string of the molecule is COc1cc(C)c(CN2CC(N3CCCCC3)C2)cc1C. The molecule has 0 amide bonds. The van der Waals surface area contributed by atoms with E-state index in [9.17, 15) is 0 Å². The highest BCUT2D eigenvalue weighted by molar-refractivity contribution is 5.41. The number of benzene rings is 1. The van der Waals surface area contributed by atoms with Gasteiger partial charge < -0.3 is 4.74 Å². The largest absolute Gasteiger partial charge is 0.496 e. The van der Waals surface area contributed by atoms with E-state index in [2.05, 4.69) is 35.8 Å². The van der Waals surface area contributed by atoms with Crippen LogP contribution in [0.15, 0.2) is 12.1 Å². The van der Waals surface area contributed by atoms with Crippen LogP contribution in [0.2, 0.25) is 0 Å². The first-order chi connectivity index (χ1) is 10.2. The fraction of sp³-hybridized carbons (Fsp3) is 0.667. The van der Waals surface area contributed by atoms with E-state index in [4.69, 9.17) is 4.74 Å². The van der Waals surface area contributed by atoms with Crippen molar-refractivity contribution < 1.29 is 4.74 Å². The molecular formula is C18H28N2O. The molecule has 0 atom stereocenters. The molecular weight excluding hydrogens is 260 g/mol. The van der Waals surface area contributed by atoms with Crippen LogP contribution in [0.5, 0.6) is 5.75 Å². The third kappa shape index (κ3) is 3.24. The van der Waals surface area contributed by atoms with Gasteiger partial charge in [-0.2, -0.15) is 0 Å². The van der Waals surface area contributed by atoms with E-state index in [-0.39, 0.29) is 0 Å². The molecule has 2 aliphatic heterocycles. The molecule has 0 spiro atoms. The van der Waals surface area contributed by atoms with Crippen LogP contribution in [0.1, 0.15) is 36.0 Å². The maximum atomic E-state index is 5.40. The number of ether oxygens (including phenoxy) is 1. The number of methoxy groups -OCH3 is 1. The van der Waals surface area contributed by atoms with Crippen LogP contribution in [0.25, 0.3) is 0 Å². The van der Waals surface area contributed by atoms with Crippen LogP contribution < -0.4 is 4.74 Å². The molecule has 2 saturated heterocycles. The number of piperidine rings is 1. The van der Waals surface area contributed by atoms with Crippen LogP contribution in [0, 0.1) is 13.8 Å². The van der Waals surface area contributed by atoms with Crippen molar-refractivity contribution in [2.45, 2.75) is 45.7 Å². The highest BCUT2D eigenvalue weighted by Gasteiger charge is 2.32. The minimum Gasteiger partial charge on any atom is -0.496 e. The standard InChI is InChI=1S/C18H28N2O/c1-14-10-18(21-3)15(2)9-16(14)11-19-12-17(13-19)20-7-5-4-6-8-20/h9-10,17H,4-8,11-13H2,1-3H3. The van der Waals surface area contributed by atoms with E-state index in [0.29, 0.717) is 0 Å². The lowest BCUT2D eigenvalue weighted by atomic mass is 9.99. The molecule has 0 radical (unpaired) electrons. The first-order valence-electron chi connectivity index (χ1n) is 8.28. The van der Waals surface area contributed by atoms with Crippen LogP contribution >= 0.6 is 0 Å². The third-order valence-corrected chi connectivity index (χ3v) is 5.09. The van der Waals surface area contributed by atoms with Gasteiger partial charge in [0.1, 0.15) is 5.75 Å². The molecule has 2 aliphatic rings. The maximum Gasteiger partial charge on any atom is 0.122 e. The van der Waals surface area contributed by atoms with Crippen molar-refractivity contribution in [3.05, 3.63) is 28.8 Å².